The highest BCUT2D eigenvalue weighted by atomic mass is 16.5. The topological polar surface area (TPSA) is 44.1 Å². The molecule has 0 aliphatic heterocycles. The van der Waals surface area contributed by atoms with Crippen molar-refractivity contribution in [3.05, 3.63) is 18.0 Å². The number of Topliss-reactive ketones (excluding diaryl/α,β-unsaturated/α-hetero) is 1. The Labute approximate surface area is 109 Å². The smallest absolute Gasteiger partial charge is 0.197 e. The van der Waals surface area contributed by atoms with Crippen LogP contribution in [0.1, 0.15) is 57.3 Å². The van der Waals surface area contributed by atoms with Crippen LogP contribution in [-0.2, 0) is 11.3 Å². The highest BCUT2D eigenvalue weighted by molar-refractivity contribution is 6.02. The Bertz CT molecular complexity index is 381. The van der Waals surface area contributed by atoms with E-state index in [0.717, 1.165) is 13.0 Å². The molecular weight excluding hydrogens is 228 g/mol. The van der Waals surface area contributed by atoms with Crippen LogP contribution in [0.25, 0.3) is 0 Å². The second-order valence-electron chi connectivity index (χ2n) is 4.46. The van der Waals surface area contributed by atoms with Gasteiger partial charge in [-0.15, -0.1) is 0 Å². The third-order valence-corrected chi connectivity index (χ3v) is 3.32. The third kappa shape index (κ3) is 2.99. The van der Waals surface area contributed by atoms with Gasteiger partial charge < -0.3 is 4.74 Å². The van der Waals surface area contributed by atoms with Crippen LogP contribution in [0.4, 0.5) is 0 Å². The van der Waals surface area contributed by atoms with Gasteiger partial charge in [0, 0.05) is 19.3 Å². The molecule has 18 heavy (non-hydrogen) atoms. The highest BCUT2D eigenvalue weighted by Gasteiger charge is 2.36. The van der Waals surface area contributed by atoms with Gasteiger partial charge in [-0.2, -0.15) is 5.10 Å². The quantitative estimate of drug-likeness (QED) is 0.668. The first-order chi connectivity index (χ1) is 8.63. The second kappa shape index (κ2) is 6.69. The fourth-order valence-electron chi connectivity index (χ4n) is 2.21. The number of ketones is 1. The zero-order valence-corrected chi connectivity index (χ0v) is 11.9. The summed E-state index contributed by atoms with van der Waals surface area (Å²) in [6, 6.07) is 0. The first-order valence-corrected chi connectivity index (χ1v) is 6.84. The van der Waals surface area contributed by atoms with Gasteiger partial charge in [-0.05, 0) is 26.2 Å². The number of nitrogens with zero attached hydrogens (tertiary/aromatic N) is 2. The van der Waals surface area contributed by atoms with Crippen molar-refractivity contribution < 1.29 is 9.53 Å². The highest BCUT2D eigenvalue weighted by Crippen LogP contribution is 2.25. The van der Waals surface area contributed by atoms with E-state index in [2.05, 4.69) is 12.0 Å². The summed E-state index contributed by atoms with van der Waals surface area (Å²) in [5.41, 5.74) is -0.0324. The van der Waals surface area contributed by atoms with Gasteiger partial charge in [0.2, 0.25) is 0 Å². The van der Waals surface area contributed by atoms with Crippen LogP contribution in [-0.4, -0.2) is 27.8 Å². The van der Waals surface area contributed by atoms with Crippen LogP contribution < -0.4 is 0 Å². The molecule has 1 rings (SSSR count). The number of carbonyl (C=O) groups excluding carboxylic acids is 1. The Kier molecular flexibility index (Phi) is 5.54. The van der Waals surface area contributed by atoms with Gasteiger partial charge >= 0.3 is 0 Å². The molecule has 0 aliphatic rings. The summed E-state index contributed by atoms with van der Waals surface area (Å²) in [5, 5.41) is 4.21. The van der Waals surface area contributed by atoms with Gasteiger partial charge in [-0.3, -0.25) is 9.48 Å². The monoisotopic (exact) mass is 252 g/mol. The van der Waals surface area contributed by atoms with E-state index in [4.69, 9.17) is 4.74 Å². The maximum Gasteiger partial charge on any atom is 0.197 e. The molecule has 4 nitrogen and oxygen atoms in total. The molecule has 1 aromatic rings. The van der Waals surface area contributed by atoms with E-state index in [9.17, 15) is 4.79 Å². The van der Waals surface area contributed by atoms with Gasteiger partial charge in [0.05, 0.1) is 11.8 Å². The van der Waals surface area contributed by atoms with E-state index >= 15 is 0 Å². The minimum Gasteiger partial charge on any atom is -0.367 e. The van der Waals surface area contributed by atoms with Gasteiger partial charge in [-0.25, -0.2) is 0 Å². The molecule has 0 aliphatic carbocycles. The van der Waals surface area contributed by atoms with Crippen molar-refractivity contribution in [1.82, 2.24) is 9.78 Å². The maximum absolute atomic E-state index is 12.6. The number of ether oxygens (including phenoxy) is 1. The zero-order chi connectivity index (χ0) is 13.6. The maximum atomic E-state index is 12.6. The van der Waals surface area contributed by atoms with Crippen LogP contribution >= 0.6 is 0 Å². The molecule has 1 aromatic heterocycles. The fraction of sp³-hybridized carbons (Fsp3) is 0.714. The lowest BCUT2D eigenvalue weighted by Gasteiger charge is -2.29. The van der Waals surface area contributed by atoms with Crippen LogP contribution in [0.2, 0.25) is 0 Å². The molecule has 0 amide bonds. The first-order valence-electron chi connectivity index (χ1n) is 6.84. The summed E-state index contributed by atoms with van der Waals surface area (Å²) in [5.74, 6) is 0.0525. The average Bonchev–Trinajstić information content (AvgIpc) is 2.84. The van der Waals surface area contributed by atoms with Crippen molar-refractivity contribution in [1.29, 1.82) is 0 Å². The number of rotatable bonds is 8. The minimum atomic E-state index is -0.686. The number of hydrogen-bond acceptors (Lipinski definition) is 3. The second-order valence-corrected chi connectivity index (χ2v) is 4.46. The molecule has 0 saturated carbocycles. The van der Waals surface area contributed by atoms with Crippen molar-refractivity contribution in [3.63, 3.8) is 0 Å². The largest absolute Gasteiger partial charge is 0.367 e. The Morgan fingerprint density at radius 3 is 2.50 bits per heavy atom. The Hall–Kier alpha value is -1.16. The van der Waals surface area contributed by atoms with Gasteiger partial charge in [0.15, 0.2) is 5.78 Å². The van der Waals surface area contributed by atoms with E-state index in [1.165, 1.54) is 0 Å². The predicted octanol–water partition coefficient (Wildman–Crippen LogP) is 3.07. The lowest BCUT2D eigenvalue weighted by molar-refractivity contribution is -0.0250. The molecule has 102 valence electrons. The Balaban J connectivity index is 2.94. The van der Waals surface area contributed by atoms with Crippen molar-refractivity contribution >= 4 is 5.78 Å². The van der Waals surface area contributed by atoms with Crippen molar-refractivity contribution in [2.24, 2.45) is 0 Å². The number of hydrogen-bond donors (Lipinski definition) is 0. The van der Waals surface area contributed by atoms with E-state index in [-0.39, 0.29) is 5.78 Å². The Morgan fingerprint density at radius 1 is 1.33 bits per heavy atom. The average molecular weight is 252 g/mol. The van der Waals surface area contributed by atoms with Crippen LogP contribution in [0.15, 0.2) is 12.4 Å². The molecule has 4 heteroatoms. The molecule has 0 atom stereocenters. The standard InChI is InChI=1S/C14H24N2O2/c1-5-9-16-11-12(10-15-16)13(17)14(6-2,7-3)18-8-4/h10-11H,5-9H2,1-4H3. The molecule has 0 unspecified atom stereocenters. The molecule has 0 N–H and O–H groups in total. The molecule has 0 saturated heterocycles. The van der Waals surface area contributed by atoms with Crippen molar-refractivity contribution in [2.45, 2.75) is 59.1 Å². The molecule has 0 bridgehead atoms. The van der Waals surface area contributed by atoms with E-state index < -0.39 is 5.60 Å². The summed E-state index contributed by atoms with van der Waals surface area (Å²) in [4.78, 5) is 12.6. The molecule has 0 fully saturated rings. The number of carbonyl (C=O) groups is 1. The predicted molar refractivity (Wildman–Crippen MR) is 71.8 cm³/mol. The Morgan fingerprint density at radius 2 is 2.00 bits per heavy atom. The van der Waals surface area contributed by atoms with Gasteiger partial charge in [0.25, 0.3) is 0 Å². The van der Waals surface area contributed by atoms with Crippen LogP contribution in [0, 0.1) is 0 Å². The summed E-state index contributed by atoms with van der Waals surface area (Å²) >= 11 is 0. The van der Waals surface area contributed by atoms with Crippen molar-refractivity contribution in [3.8, 4) is 0 Å². The van der Waals surface area contributed by atoms with Crippen LogP contribution in [0.3, 0.4) is 0 Å². The van der Waals surface area contributed by atoms with E-state index in [1.54, 1.807) is 6.20 Å². The van der Waals surface area contributed by atoms with E-state index in [0.29, 0.717) is 25.0 Å². The van der Waals surface area contributed by atoms with Crippen LogP contribution in [0.5, 0.6) is 0 Å². The zero-order valence-electron chi connectivity index (χ0n) is 11.9. The molecule has 0 spiro atoms. The normalized spacial score (nSPS) is 11.8. The molecular formula is C14H24N2O2. The summed E-state index contributed by atoms with van der Waals surface area (Å²) < 4.78 is 7.54. The number of aromatic nitrogens is 2. The molecule has 0 radical (unpaired) electrons. The number of aryl methyl sites for hydroxylation is 1. The lowest BCUT2D eigenvalue weighted by Crippen LogP contribution is -2.40. The third-order valence-electron chi connectivity index (χ3n) is 3.32. The lowest BCUT2D eigenvalue weighted by atomic mass is 9.89. The van der Waals surface area contributed by atoms with E-state index in [1.807, 2.05) is 31.6 Å². The SMILES string of the molecule is CCCn1cc(C(=O)C(CC)(CC)OCC)cn1. The van der Waals surface area contributed by atoms with Gasteiger partial charge in [-0.1, -0.05) is 20.8 Å². The summed E-state index contributed by atoms with van der Waals surface area (Å²) in [6.07, 6.45) is 5.86. The first kappa shape index (κ1) is 14.9. The fourth-order valence-corrected chi connectivity index (χ4v) is 2.21. The summed E-state index contributed by atoms with van der Waals surface area (Å²) in [6.45, 7) is 9.39. The van der Waals surface area contributed by atoms with Crippen molar-refractivity contribution in [2.75, 3.05) is 6.61 Å². The molecule has 1 heterocycles. The molecule has 0 aromatic carbocycles. The summed E-state index contributed by atoms with van der Waals surface area (Å²) in [7, 11) is 0. The minimum absolute atomic E-state index is 0.0525. The van der Waals surface area contributed by atoms with Gasteiger partial charge in [0.1, 0.15) is 5.60 Å².